The van der Waals surface area contributed by atoms with Crippen molar-refractivity contribution in [1.29, 1.82) is 0 Å². The third-order valence-electron chi connectivity index (χ3n) is 3.50. The summed E-state index contributed by atoms with van der Waals surface area (Å²) in [6.45, 7) is 1.55. The molecule has 0 saturated carbocycles. The minimum Gasteiger partial charge on any atom is -0.495 e. The number of carbonyl (C=O) groups is 2. The number of rotatable bonds is 7. The number of amides is 1. The van der Waals surface area contributed by atoms with Crippen LogP contribution in [0.15, 0.2) is 54.6 Å². The molecule has 0 saturated heterocycles. The number of methoxy groups -OCH3 is 1. The lowest BCUT2D eigenvalue weighted by molar-refractivity contribution is -0.153. The summed E-state index contributed by atoms with van der Waals surface area (Å²) in [7, 11) is 1.53. The summed E-state index contributed by atoms with van der Waals surface area (Å²) in [4.78, 5) is 24.0. The molecule has 24 heavy (non-hydrogen) atoms. The standard InChI is InChI=1S/C19H21NO4/c1-14(19(22)20-16-10-6-7-11-17(16)23-2)24-18(21)13-12-15-8-4-3-5-9-15/h3-11,14H,12-13H2,1-2H3,(H,20,22). The molecule has 1 unspecified atom stereocenters. The molecule has 0 fully saturated rings. The van der Waals surface area contributed by atoms with Crippen molar-refractivity contribution in [3.8, 4) is 5.75 Å². The van der Waals surface area contributed by atoms with Gasteiger partial charge in [-0.3, -0.25) is 9.59 Å². The normalized spacial score (nSPS) is 11.4. The molecule has 2 rings (SSSR count). The quantitative estimate of drug-likeness (QED) is 0.793. The van der Waals surface area contributed by atoms with Crippen molar-refractivity contribution in [3.05, 3.63) is 60.2 Å². The van der Waals surface area contributed by atoms with Gasteiger partial charge < -0.3 is 14.8 Å². The molecule has 5 nitrogen and oxygen atoms in total. The molecule has 0 aliphatic carbocycles. The first kappa shape index (κ1) is 17.5. The van der Waals surface area contributed by atoms with Crippen molar-refractivity contribution >= 4 is 17.6 Å². The molecule has 0 spiro atoms. The maximum atomic E-state index is 12.1. The second-order valence-corrected chi connectivity index (χ2v) is 5.31. The lowest BCUT2D eigenvalue weighted by atomic mass is 10.1. The van der Waals surface area contributed by atoms with E-state index < -0.39 is 18.0 Å². The first-order chi connectivity index (χ1) is 11.6. The van der Waals surface area contributed by atoms with E-state index in [2.05, 4.69) is 5.32 Å². The van der Waals surface area contributed by atoms with Gasteiger partial charge in [0.25, 0.3) is 5.91 Å². The third-order valence-corrected chi connectivity index (χ3v) is 3.50. The van der Waals surface area contributed by atoms with Crippen LogP contribution in [0.2, 0.25) is 0 Å². The number of nitrogens with one attached hydrogen (secondary N) is 1. The smallest absolute Gasteiger partial charge is 0.306 e. The highest BCUT2D eigenvalue weighted by molar-refractivity contribution is 5.96. The van der Waals surface area contributed by atoms with E-state index in [4.69, 9.17) is 9.47 Å². The average Bonchev–Trinajstić information content (AvgIpc) is 2.61. The number of esters is 1. The van der Waals surface area contributed by atoms with Gasteiger partial charge in [-0.05, 0) is 31.0 Å². The first-order valence-corrected chi connectivity index (χ1v) is 7.77. The Hall–Kier alpha value is -2.82. The maximum Gasteiger partial charge on any atom is 0.306 e. The minimum absolute atomic E-state index is 0.232. The molecule has 2 aromatic rings. The largest absolute Gasteiger partial charge is 0.495 e. The zero-order valence-corrected chi connectivity index (χ0v) is 13.8. The number of para-hydroxylation sites is 2. The van der Waals surface area contributed by atoms with E-state index in [0.29, 0.717) is 17.9 Å². The molecule has 5 heteroatoms. The summed E-state index contributed by atoms with van der Waals surface area (Å²) in [5.74, 6) is -0.248. The van der Waals surface area contributed by atoms with Gasteiger partial charge in [0.1, 0.15) is 5.75 Å². The molecule has 0 bridgehead atoms. The van der Waals surface area contributed by atoms with E-state index in [1.807, 2.05) is 36.4 Å². The van der Waals surface area contributed by atoms with Crippen LogP contribution in [0.1, 0.15) is 18.9 Å². The van der Waals surface area contributed by atoms with Crippen LogP contribution in [0.4, 0.5) is 5.69 Å². The predicted octanol–water partition coefficient (Wildman–Crippen LogP) is 3.20. The lowest BCUT2D eigenvalue weighted by Gasteiger charge is -2.15. The molecule has 0 aromatic heterocycles. The van der Waals surface area contributed by atoms with Gasteiger partial charge >= 0.3 is 5.97 Å². The molecule has 1 amide bonds. The topological polar surface area (TPSA) is 64.6 Å². The second-order valence-electron chi connectivity index (χ2n) is 5.31. The fourth-order valence-corrected chi connectivity index (χ4v) is 2.18. The second kappa shape index (κ2) is 8.72. The Morgan fingerprint density at radius 3 is 2.42 bits per heavy atom. The van der Waals surface area contributed by atoms with Crippen LogP contribution in [-0.2, 0) is 20.7 Å². The van der Waals surface area contributed by atoms with E-state index in [9.17, 15) is 9.59 Å². The Labute approximate surface area is 141 Å². The lowest BCUT2D eigenvalue weighted by Crippen LogP contribution is -2.30. The van der Waals surface area contributed by atoms with Gasteiger partial charge in [0.05, 0.1) is 12.8 Å². The Morgan fingerprint density at radius 2 is 1.71 bits per heavy atom. The predicted molar refractivity (Wildman–Crippen MR) is 91.9 cm³/mol. The summed E-state index contributed by atoms with van der Waals surface area (Å²) in [5.41, 5.74) is 1.60. The van der Waals surface area contributed by atoms with Crippen LogP contribution < -0.4 is 10.1 Å². The van der Waals surface area contributed by atoms with Crippen LogP contribution in [0, 0.1) is 0 Å². The Bertz CT molecular complexity index is 685. The van der Waals surface area contributed by atoms with E-state index in [1.54, 1.807) is 25.1 Å². The van der Waals surface area contributed by atoms with Crippen LogP contribution in [0.25, 0.3) is 0 Å². The number of hydrogen-bond acceptors (Lipinski definition) is 4. The molecule has 0 aliphatic rings. The van der Waals surface area contributed by atoms with Crippen molar-refractivity contribution in [3.63, 3.8) is 0 Å². The van der Waals surface area contributed by atoms with Gasteiger partial charge in [-0.2, -0.15) is 0 Å². The Morgan fingerprint density at radius 1 is 1.04 bits per heavy atom. The Kier molecular flexibility index (Phi) is 6.37. The fraction of sp³-hybridized carbons (Fsp3) is 0.263. The molecule has 0 radical (unpaired) electrons. The van der Waals surface area contributed by atoms with Gasteiger partial charge in [0, 0.05) is 6.42 Å². The molecule has 0 heterocycles. The monoisotopic (exact) mass is 327 g/mol. The maximum absolute atomic E-state index is 12.1. The summed E-state index contributed by atoms with van der Waals surface area (Å²) in [6.07, 6.45) is -0.0604. The molecular formula is C19H21NO4. The number of carbonyl (C=O) groups excluding carboxylic acids is 2. The molecule has 2 aromatic carbocycles. The highest BCUT2D eigenvalue weighted by atomic mass is 16.5. The van der Waals surface area contributed by atoms with E-state index in [-0.39, 0.29) is 6.42 Å². The number of aryl methyl sites for hydroxylation is 1. The van der Waals surface area contributed by atoms with Crippen LogP contribution in [-0.4, -0.2) is 25.1 Å². The highest BCUT2D eigenvalue weighted by Crippen LogP contribution is 2.23. The average molecular weight is 327 g/mol. The zero-order valence-electron chi connectivity index (χ0n) is 13.8. The van der Waals surface area contributed by atoms with Gasteiger partial charge in [0.15, 0.2) is 6.10 Å². The molecule has 1 atom stereocenters. The van der Waals surface area contributed by atoms with Crippen molar-refractivity contribution < 1.29 is 19.1 Å². The summed E-state index contributed by atoms with van der Waals surface area (Å²) >= 11 is 0. The molecule has 0 aliphatic heterocycles. The number of anilines is 1. The van der Waals surface area contributed by atoms with Crippen molar-refractivity contribution in [2.75, 3.05) is 12.4 Å². The third kappa shape index (κ3) is 5.12. The molecule has 1 N–H and O–H groups in total. The number of benzene rings is 2. The van der Waals surface area contributed by atoms with Crippen LogP contribution in [0.5, 0.6) is 5.75 Å². The summed E-state index contributed by atoms with van der Waals surface area (Å²) < 4.78 is 10.4. The van der Waals surface area contributed by atoms with Crippen LogP contribution in [0.3, 0.4) is 0 Å². The van der Waals surface area contributed by atoms with Gasteiger partial charge in [-0.25, -0.2) is 0 Å². The van der Waals surface area contributed by atoms with Crippen LogP contribution >= 0.6 is 0 Å². The van der Waals surface area contributed by atoms with Crippen molar-refractivity contribution in [1.82, 2.24) is 0 Å². The van der Waals surface area contributed by atoms with Gasteiger partial charge in [-0.15, -0.1) is 0 Å². The number of hydrogen-bond donors (Lipinski definition) is 1. The number of ether oxygens (including phenoxy) is 2. The zero-order chi connectivity index (χ0) is 17.4. The minimum atomic E-state index is -0.877. The Balaban J connectivity index is 1.83. The summed E-state index contributed by atoms with van der Waals surface area (Å²) in [6, 6.07) is 16.7. The van der Waals surface area contributed by atoms with Crippen molar-refractivity contribution in [2.45, 2.75) is 25.9 Å². The molecular weight excluding hydrogens is 306 g/mol. The van der Waals surface area contributed by atoms with E-state index >= 15 is 0 Å². The highest BCUT2D eigenvalue weighted by Gasteiger charge is 2.19. The first-order valence-electron chi connectivity index (χ1n) is 7.77. The van der Waals surface area contributed by atoms with Gasteiger partial charge in [0.2, 0.25) is 0 Å². The van der Waals surface area contributed by atoms with Crippen molar-refractivity contribution in [2.24, 2.45) is 0 Å². The van der Waals surface area contributed by atoms with E-state index in [0.717, 1.165) is 5.56 Å². The summed E-state index contributed by atoms with van der Waals surface area (Å²) in [5, 5.41) is 2.70. The van der Waals surface area contributed by atoms with Gasteiger partial charge in [-0.1, -0.05) is 42.5 Å². The SMILES string of the molecule is COc1ccccc1NC(=O)C(C)OC(=O)CCc1ccccc1. The molecule has 126 valence electrons. The fourth-order valence-electron chi connectivity index (χ4n) is 2.18. The van der Waals surface area contributed by atoms with E-state index in [1.165, 1.54) is 7.11 Å².